The molecule has 2 heterocycles. The normalized spacial score (nSPS) is 10.9. The number of esters is 2. The summed E-state index contributed by atoms with van der Waals surface area (Å²) in [6.45, 7) is 7.71. The molecule has 0 bridgehead atoms. The second-order valence-corrected chi connectivity index (χ2v) is 9.88. The van der Waals surface area contributed by atoms with E-state index in [1.807, 2.05) is 36.6 Å². The number of thiophene rings is 2. The highest BCUT2D eigenvalue weighted by molar-refractivity contribution is 7.23. The van der Waals surface area contributed by atoms with Gasteiger partial charge in [-0.3, -0.25) is 4.79 Å². The van der Waals surface area contributed by atoms with E-state index in [1.54, 1.807) is 22.7 Å². The highest BCUT2D eigenvalue weighted by atomic mass is 32.1. The van der Waals surface area contributed by atoms with E-state index in [2.05, 4.69) is 25.6 Å². The minimum absolute atomic E-state index is 0.236. The Balaban J connectivity index is 1.63. The van der Waals surface area contributed by atoms with E-state index in [4.69, 9.17) is 9.47 Å². The number of benzene rings is 2. The van der Waals surface area contributed by atoms with Crippen molar-refractivity contribution < 1.29 is 19.1 Å². The molecule has 4 aromatic rings. The third kappa shape index (κ3) is 4.74. The van der Waals surface area contributed by atoms with Crippen LogP contribution in [-0.2, 0) is 14.3 Å². The Labute approximate surface area is 205 Å². The van der Waals surface area contributed by atoms with Crippen LogP contribution in [0, 0.1) is 25.2 Å². The number of carbonyl (C=O) groups is 2. The second-order valence-electron chi connectivity index (χ2n) is 7.92. The summed E-state index contributed by atoms with van der Waals surface area (Å²) in [5.41, 5.74) is 3.89. The molecular formula is C27H23NO4S2. The highest BCUT2D eigenvalue weighted by Crippen LogP contribution is 2.47. The quantitative estimate of drug-likeness (QED) is 0.114. The molecule has 0 unspecified atom stereocenters. The largest absolute Gasteiger partial charge is 0.463 e. The molecule has 0 amide bonds. The Morgan fingerprint density at radius 1 is 1.12 bits per heavy atom. The van der Waals surface area contributed by atoms with Crippen molar-refractivity contribution in [3.8, 4) is 22.3 Å². The minimum atomic E-state index is -0.463. The van der Waals surface area contributed by atoms with Gasteiger partial charge in [0.25, 0.3) is 0 Å². The SMILES string of the molecule is C=CC(=O)OCCCCC(=O)Oc1c2ccsc2c(C)c2cc(-c3ccc(C#N)cc3C)sc12. The fourth-order valence-electron chi connectivity index (χ4n) is 3.87. The molecule has 0 aliphatic heterocycles. The molecule has 0 N–H and O–H groups in total. The predicted molar refractivity (Wildman–Crippen MR) is 137 cm³/mol. The average Bonchev–Trinajstić information content (AvgIpc) is 3.49. The number of hydrogen-bond acceptors (Lipinski definition) is 7. The lowest BCUT2D eigenvalue weighted by Gasteiger charge is -2.09. The first-order chi connectivity index (χ1) is 16.4. The van der Waals surface area contributed by atoms with Gasteiger partial charge in [-0.25, -0.2) is 4.79 Å². The number of unbranched alkanes of at least 4 members (excludes halogenated alkanes) is 1. The Bertz CT molecular complexity index is 1460. The van der Waals surface area contributed by atoms with E-state index in [-0.39, 0.29) is 19.0 Å². The first kappa shape index (κ1) is 23.7. The Kier molecular flexibility index (Phi) is 7.11. The lowest BCUT2D eigenvalue weighted by molar-refractivity contribution is -0.137. The summed E-state index contributed by atoms with van der Waals surface area (Å²) in [5.74, 6) is -0.171. The van der Waals surface area contributed by atoms with Gasteiger partial charge >= 0.3 is 11.9 Å². The summed E-state index contributed by atoms with van der Waals surface area (Å²) >= 11 is 3.23. The topological polar surface area (TPSA) is 76.4 Å². The van der Waals surface area contributed by atoms with E-state index < -0.39 is 5.97 Å². The second kappa shape index (κ2) is 10.2. The Morgan fingerprint density at radius 2 is 1.94 bits per heavy atom. The summed E-state index contributed by atoms with van der Waals surface area (Å²) in [6, 6.07) is 12.0. The van der Waals surface area contributed by atoms with E-state index in [0.717, 1.165) is 47.8 Å². The standard InChI is InChI=1S/C27H23NO4S2/c1-4-23(29)31-11-6-5-7-24(30)32-25-20-10-12-33-26(20)17(3)21-14-22(34-27(21)25)19-9-8-18(15-28)13-16(19)2/h4,8-10,12-14H,1,5-7,11H2,2-3H3. The van der Waals surface area contributed by atoms with Crippen LogP contribution in [0.5, 0.6) is 5.75 Å². The Morgan fingerprint density at radius 3 is 2.68 bits per heavy atom. The van der Waals surface area contributed by atoms with Crippen LogP contribution in [0.25, 0.3) is 30.6 Å². The van der Waals surface area contributed by atoms with Gasteiger partial charge in [0.05, 0.1) is 22.9 Å². The average molecular weight is 490 g/mol. The summed E-state index contributed by atoms with van der Waals surface area (Å²) in [4.78, 5) is 24.9. The first-order valence-electron chi connectivity index (χ1n) is 10.9. The van der Waals surface area contributed by atoms with Crippen molar-refractivity contribution in [3.05, 3.63) is 65.1 Å². The third-order valence-electron chi connectivity index (χ3n) is 5.62. The van der Waals surface area contributed by atoms with Crippen molar-refractivity contribution in [1.82, 2.24) is 0 Å². The summed E-state index contributed by atoms with van der Waals surface area (Å²) in [7, 11) is 0. The number of fused-ring (bicyclic) bond motifs is 2. The van der Waals surface area contributed by atoms with Gasteiger partial charge in [0.15, 0.2) is 5.75 Å². The molecule has 0 atom stereocenters. The van der Waals surface area contributed by atoms with E-state index in [1.165, 1.54) is 0 Å². The zero-order valence-electron chi connectivity index (χ0n) is 19.0. The number of hydrogen-bond donors (Lipinski definition) is 0. The first-order valence-corrected chi connectivity index (χ1v) is 12.6. The third-order valence-corrected chi connectivity index (χ3v) is 7.82. The molecule has 5 nitrogen and oxygen atoms in total. The van der Waals surface area contributed by atoms with Crippen LogP contribution in [0.2, 0.25) is 0 Å². The van der Waals surface area contributed by atoms with Gasteiger partial charge in [-0.05, 0) is 73.0 Å². The number of nitriles is 1. The van der Waals surface area contributed by atoms with E-state index in [0.29, 0.717) is 24.2 Å². The zero-order valence-corrected chi connectivity index (χ0v) is 20.6. The van der Waals surface area contributed by atoms with Crippen LogP contribution >= 0.6 is 22.7 Å². The molecule has 0 aliphatic carbocycles. The number of nitrogens with zero attached hydrogens (tertiary/aromatic N) is 1. The van der Waals surface area contributed by atoms with Crippen LogP contribution in [-0.4, -0.2) is 18.5 Å². The van der Waals surface area contributed by atoms with Gasteiger partial charge < -0.3 is 9.47 Å². The Hall–Kier alpha value is -3.47. The van der Waals surface area contributed by atoms with Crippen molar-refractivity contribution >= 4 is 54.8 Å². The number of rotatable bonds is 8. The molecule has 2 aromatic carbocycles. The van der Waals surface area contributed by atoms with Crippen LogP contribution in [0.3, 0.4) is 0 Å². The molecule has 172 valence electrons. The lowest BCUT2D eigenvalue weighted by Crippen LogP contribution is -2.09. The van der Waals surface area contributed by atoms with Gasteiger partial charge in [0, 0.05) is 32.8 Å². The molecule has 4 rings (SSSR count). The molecule has 0 fully saturated rings. The maximum atomic E-state index is 12.7. The fourth-order valence-corrected chi connectivity index (χ4v) is 6.09. The van der Waals surface area contributed by atoms with Crippen molar-refractivity contribution in [2.24, 2.45) is 0 Å². The summed E-state index contributed by atoms with van der Waals surface area (Å²) in [6.07, 6.45) is 2.50. The van der Waals surface area contributed by atoms with Crippen LogP contribution in [0.15, 0.2) is 48.4 Å². The van der Waals surface area contributed by atoms with Crippen molar-refractivity contribution in [3.63, 3.8) is 0 Å². The number of carbonyl (C=O) groups excluding carboxylic acids is 2. The minimum Gasteiger partial charge on any atom is -0.463 e. The maximum absolute atomic E-state index is 12.7. The number of aryl methyl sites for hydroxylation is 2. The molecule has 0 spiro atoms. The maximum Gasteiger partial charge on any atom is 0.330 e. The number of ether oxygens (including phenoxy) is 2. The molecule has 34 heavy (non-hydrogen) atoms. The lowest BCUT2D eigenvalue weighted by atomic mass is 10.0. The van der Waals surface area contributed by atoms with E-state index >= 15 is 0 Å². The van der Waals surface area contributed by atoms with Crippen molar-refractivity contribution in [2.75, 3.05) is 6.61 Å². The monoisotopic (exact) mass is 489 g/mol. The summed E-state index contributed by atoms with van der Waals surface area (Å²) < 4.78 is 12.9. The van der Waals surface area contributed by atoms with Gasteiger partial charge in [0.2, 0.25) is 0 Å². The van der Waals surface area contributed by atoms with Crippen molar-refractivity contribution in [1.29, 1.82) is 5.26 Å². The van der Waals surface area contributed by atoms with Crippen LogP contribution in [0.4, 0.5) is 0 Å². The molecule has 0 radical (unpaired) electrons. The molecule has 0 saturated heterocycles. The van der Waals surface area contributed by atoms with Gasteiger partial charge in [0.1, 0.15) is 0 Å². The fraction of sp³-hybridized carbons (Fsp3) is 0.222. The smallest absolute Gasteiger partial charge is 0.330 e. The molecule has 2 aromatic heterocycles. The molecule has 7 heteroatoms. The van der Waals surface area contributed by atoms with Crippen LogP contribution < -0.4 is 4.74 Å². The van der Waals surface area contributed by atoms with E-state index in [9.17, 15) is 14.9 Å². The summed E-state index contributed by atoms with van der Waals surface area (Å²) in [5, 5.41) is 13.2. The molecular weight excluding hydrogens is 466 g/mol. The van der Waals surface area contributed by atoms with Gasteiger partial charge in [-0.15, -0.1) is 22.7 Å². The molecule has 0 saturated carbocycles. The van der Waals surface area contributed by atoms with Crippen molar-refractivity contribution in [2.45, 2.75) is 33.1 Å². The zero-order chi connectivity index (χ0) is 24.2. The predicted octanol–water partition coefficient (Wildman–Crippen LogP) is 7.08. The molecule has 0 aliphatic rings. The highest BCUT2D eigenvalue weighted by Gasteiger charge is 2.20. The van der Waals surface area contributed by atoms with Crippen LogP contribution in [0.1, 0.15) is 36.0 Å². The van der Waals surface area contributed by atoms with Gasteiger partial charge in [-0.2, -0.15) is 5.26 Å². The van der Waals surface area contributed by atoms with Gasteiger partial charge in [-0.1, -0.05) is 12.6 Å².